The van der Waals surface area contributed by atoms with Crippen LogP contribution in [0.25, 0.3) is 10.2 Å². The third-order valence-corrected chi connectivity index (χ3v) is 3.19. The fourth-order valence-corrected chi connectivity index (χ4v) is 2.46. The lowest BCUT2D eigenvalue weighted by molar-refractivity contribution is -0.0440. The lowest BCUT2D eigenvalue weighted by Gasteiger charge is -2.02. The monoisotopic (exact) mass is 207 g/mol. The number of nitrogens with zero attached hydrogens (tertiary/aromatic N) is 1. The summed E-state index contributed by atoms with van der Waals surface area (Å²) in [5.41, 5.74) is 1.02. The lowest BCUT2D eigenvalue weighted by Crippen LogP contribution is -1.95. The van der Waals surface area contributed by atoms with E-state index in [1.165, 1.54) is 4.70 Å². The Bertz CT molecular complexity index is 415. The number of ether oxygens (including phenoxy) is 2. The Morgan fingerprint density at radius 3 is 2.79 bits per heavy atom. The number of fused-ring (bicyclic) bond motifs is 1. The standard InChI is InChI=1S/C10H9NO2S/c1-2-4-8-7(3-1)11-9(14-8)10-12-5-6-13-10/h1-4,10H,5-6H2. The summed E-state index contributed by atoms with van der Waals surface area (Å²) in [4.78, 5) is 4.46. The van der Waals surface area contributed by atoms with Gasteiger partial charge in [0, 0.05) is 0 Å². The molecule has 0 amide bonds. The van der Waals surface area contributed by atoms with Crippen molar-refractivity contribution >= 4 is 21.6 Å². The summed E-state index contributed by atoms with van der Waals surface area (Å²) in [6.07, 6.45) is -0.243. The molecule has 0 saturated carbocycles. The van der Waals surface area contributed by atoms with Crippen molar-refractivity contribution in [1.29, 1.82) is 0 Å². The van der Waals surface area contributed by atoms with Gasteiger partial charge in [-0.25, -0.2) is 4.98 Å². The fraction of sp³-hybridized carbons (Fsp3) is 0.300. The van der Waals surface area contributed by atoms with Gasteiger partial charge in [-0.05, 0) is 12.1 Å². The maximum absolute atomic E-state index is 5.39. The summed E-state index contributed by atoms with van der Waals surface area (Å²) < 4.78 is 12.0. The predicted octanol–water partition coefficient (Wildman–Crippen LogP) is 2.34. The SMILES string of the molecule is c1ccc2sc(C3OCCO3)nc2c1. The summed E-state index contributed by atoms with van der Waals surface area (Å²) in [7, 11) is 0. The summed E-state index contributed by atoms with van der Waals surface area (Å²) in [5.74, 6) is 0. The number of benzene rings is 1. The molecule has 1 aromatic carbocycles. The van der Waals surface area contributed by atoms with Crippen molar-refractivity contribution < 1.29 is 9.47 Å². The van der Waals surface area contributed by atoms with Crippen LogP contribution in [0.5, 0.6) is 0 Å². The lowest BCUT2D eigenvalue weighted by atomic mass is 10.3. The van der Waals surface area contributed by atoms with Gasteiger partial charge in [0.25, 0.3) is 0 Å². The molecule has 4 heteroatoms. The molecule has 0 spiro atoms. The van der Waals surface area contributed by atoms with Crippen molar-refractivity contribution in [3.8, 4) is 0 Å². The van der Waals surface area contributed by atoms with Gasteiger partial charge in [-0.3, -0.25) is 0 Å². The normalized spacial score (nSPS) is 18.0. The number of hydrogen-bond acceptors (Lipinski definition) is 4. The van der Waals surface area contributed by atoms with E-state index in [4.69, 9.17) is 9.47 Å². The number of para-hydroxylation sites is 1. The molecular weight excluding hydrogens is 198 g/mol. The predicted molar refractivity (Wildman–Crippen MR) is 54.3 cm³/mol. The molecule has 1 aromatic heterocycles. The number of thiazole rings is 1. The molecule has 0 atom stereocenters. The molecule has 0 unspecified atom stereocenters. The molecule has 0 radical (unpaired) electrons. The van der Waals surface area contributed by atoms with Crippen LogP contribution in [-0.4, -0.2) is 18.2 Å². The second-order valence-electron chi connectivity index (χ2n) is 3.09. The van der Waals surface area contributed by atoms with Gasteiger partial charge in [-0.2, -0.15) is 0 Å². The first kappa shape index (κ1) is 8.35. The van der Waals surface area contributed by atoms with Crippen LogP contribution < -0.4 is 0 Å². The van der Waals surface area contributed by atoms with Crippen LogP contribution in [0.15, 0.2) is 24.3 Å². The largest absolute Gasteiger partial charge is 0.344 e. The molecular formula is C10H9NO2S. The molecule has 14 heavy (non-hydrogen) atoms. The topological polar surface area (TPSA) is 31.4 Å². The minimum Gasteiger partial charge on any atom is -0.344 e. The van der Waals surface area contributed by atoms with Gasteiger partial charge < -0.3 is 9.47 Å². The highest BCUT2D eigenvalue weighted by molar-refractivity contribution is 7.18. The second-order valence-corrected chi connectivity index (χ2v) is 4.16. The van der Waals surface area contributed by atoms with E-state index in [2.05, 4.69) is 11.1 Å². The molecule has 0 N–H and O–H groups in total. The van der Waals surface area contributed by atoms with E-state index in [0.29, 0.717) is 13.2 Å². The smallest absolute Gasteiger partial charge is 0.211 e. The van der Waals surface area contributed by atoms with Gasteiger partial charge in [-0.1, -0.05) is 12.1 Å². The second kappa shape index (κ2) is 3.31. The van der Waals surface area contributed by atoms with Gasteiger partial charge in [0.1, 0.15) is 0 Å². The summed E-state index contributed by atoms with van der Waals surface area (Å²) >= 11 is 1.63. The fourth-order valence-electron chi connectivity index (χ4n) is 1.49. The maximum Gasteiger partial charge on any atom is 0.211 e. The summed E-state index contributed by atoms with van der Waals surface area (Å²) in [5, 5.41) is 0.920. The minimum atomic E-state index is -0.243. The van der Waals surface area contributed by atoms with E-state index in [1.807, 2.05) is 18.2 Å². The highest BCUT2D eigenvalue weighted by atomic mass is 32.1. The molecule has 2 aromatic rings. The summed E-state index contributed by atoms with van der Waals surface area (Å²) in [6, 6.07) is 8.07. The molecule has 1 aliphatic heterocycles. The van der Waals surface area contributed by atoms with E-state index in [0.717, 1.165) is 10.5 Å². The first-order chi connectivity index (χ1) is 6.93. The minimum absolute atomic E-state index is 0.243. The van der Waals surface area contributed by atoms with Crippen LogP contribution in [0.2, 0.25) is 0 Å². The summed E-state index contributed by atoms with van der Waals surface area (Å²) in [6.45, 7) is 1.33. The van der Waals surface area contributed by atoms with Crippen molar-refractivity contribution in [3.05, 3.63) is 29.3 Å². The van der Waals surface area contributed by atoms with Gasteiger partial charge in [0.05, 0.1) is 23.4 Å². The van der Waals surface area contributed by atoms with Crippen LogP contribution >= 0.6 is 11.3 Å². The Kier molecular flexibility index (Phi) is 1.97. The van der Waals surface area contributed by atoms with E-state index >= 15 is 0 Å². The van der Waals surface area contributed by atoms with Gasteiger partial charge >= 0.3 is 0 Å². The van der Waals surface area contributed by atoms with Gasteiger partial charge in [-0.15, -0.1) is 11.3 Å². The Hall–Kier alpha value is -0.970. The van der Waals surface area contributed by atoms with Crippen molar-refractivity contribution in [2.75, 3.05) is 13.2 Å². The highest BCUT2D eigenvalue weighted by Gasteiger charge is 2.21. The van der Waals surface area contributed by atoms with Gasteiger partial charge in [0.2, 0.25) is 6.29 Å². The maximum atomic E-state index is 5.39. The van der Waals surface area contributed by atoms with Crippen molar-refractivity contribution in [2.24, 2.45) is 0 Å². The number of aromatic nitrogens is 1. The molecule has 1 saturated heterocycles. The quantitative estimate of drug-likeness (QED) is 0.719. The zero-order chi connectivity index (χ0) is 9.38. The van der Waals surface area contributed by atoms with Crippen LogP contribution in [0.1, 0.15) is 11.3 Å². The molecule has 72 valence electrons. The molecule has 2 heterocycles. The molecule has 1 aliphatic rings. The third-order valence-electron chi connectivity index (χ3n) is 2.13. The number of rotatable bonds is 1. The third kappa shape index (κ3) is 1.32. The zero-order valence-electron chi connectivity index (χ0n) is 7.47. The molecule has 0 aliphatic carbocycles. The van der Waals surface area contributed by atoms with Crippen LogP contribution in [0.3, 0.4) is 0 Å². The Balaban J connectivity index is 2.05. The van der Waals surface area contributed by atoms with Crippen molar-refractivity contribution in [1.82, 2.24) is 4.98 Å². The molecule has 3 rings (SSSR count). The van der Waals surface area contributed by atoms with Crippen LogP contribution in [-0.2, 0) is 9.47 Å². The average Bonchev–Trinajstić information content (AvgIpc) is 2.86. The molecule has 0 bridgehead atoms. The zero-order valence-corrected chi connectivity index (χ0v) is 8.29. The van der Waals surface area contributed by atoms with Gasteiger partial charge in [0.15, 0.2) is 5.01 Å². The van der Waals surface area contributed by atoms with E-state index in [-0.39, 0.29) is 6.29 Å². The van der Waals surface area contributed by atoms with Crippen molar-refractivity contribution in [2.45, 2.75) is 6.29 Å². The Labute approximate surface area is 85.3 Å². The highest BCUT2D eigenvalue weighted by Crippen LogP contribution is 2.30. The van der Waals surface area contributed by atoms with Crippen LogP contribution in [0, 0.1) is 0 Å². The molecule has 1 fully saturated rings. The number of hydrogen-bond donors (Lipinski definition) is 0. The van der Waals surface area contributed by atoms with Crippen LogP contribution in [0.4, 0.5) is 0 Å². The van der Waals surface area contributed by atoms with E-state index in [1.54, 1.807) is 11.3 Å². The Morgan fingerprint density at radius 2 is 2.00 bits per heavy atom. The van der Waals surface area contributed by atoms with E-state index < -0.39 is 0 Å². The Morgan fingerprint density at radius 1 is 1.21 bits per heavy atom. The van der Waals surface area contributed by atoms with E-state index in [9.17, 15) is 0 Å². The van der Waals surface area contributed by atoms with Crippen molar-refractivity contribution in [3.63, 3.8) is 0 Å². The average molecular weight is 207 g/mol. The molecule has 3 nitrogen and oxygen atoms in total. The first-order valence-corrected chi connectivity index (χ1v) is 5.34. The first-order valence-electron chi connectivity index (χ1n) is 4.52.